The van der Waals surface area contributed by atoms with Crippen LogP contribution in [0.25, 0.3) is 0 Å². The van der Waals surface area contributed by atoms with E-state index in [0.29, 0.717) is 0 Å². The number of nitrogens with zero attached hydrogens (tertiary/aromatic N) is 1. The maximum atomic E-state index is 13.9. The van der Waals surface area contributed by atoms with Crippen LogP contribution in [0.4, 0.5) is 15.8 Å². The van der Waals surface area contributed by atoms with Gasteiger partial charge in [-0.2, -0.15) is 0 Å². The summed E-state index contributed by atoms with van der Waals surface area (Å²) in [6, 6.07) is 17.3. The Morgan fingerprint density at radius 2 is 1.74 bits per heavy atom. The Labute approximate surface area is 202 Å². The Hall–Kier alpha value is -3.37. The average Bonchev–Trinajstić information content (AvgIpc) is 2.83. The fourth-order valence-corrected chi connectivity index (χ4v) is 4.91. The van der Waals surface area contributed by atoms with Crippen molar-refractivity contribution in [3.63, 3.8) is 0 Å². The molecule has 1 N–H and O–H groups in total. The molecule has 0 aliphatic rings. The lowest BCUT2D eigenvalue weighted by Gasteiger charge is -2.24. The summed E-state index contributed by atoms with van der Waals surface area (Å²) in [4.78, 5) is 25.6. The number of nitrogens with one attached hydrogen (secondary N) is 1. The van der Waals surface area contributed by atoms with Gasteiger partial charge in [0.05, 0.1) is 22.8 Å². The molecule has 0 aliphatic carbocycles. The molecule has 34 heavy (non-hydrogen) atoms. The van der Waals surface area contributed by atoms with E-state index in [2.05, 4.69) is 5.32 Å². The number of thioether (sulfide) groups is 1. The maximum absolute atomic E-state index is 13.9. The summed E-state index contributed by atoms with van der Waals surface area (Å²) in [5.74, 6) is -1.86. The first-order valence-electron chi connectivity index (χ1n) is 10.2. The number of anilines is 2. The quantitative estimate of drug-likeness (QED) is 0.341. The molecule has 0 aromatic heterocycles. The second-order valence-corrected chi connectivity index (χ2v) is 9.76. The van der Waals surface area contributed by atoms with Crippen molar-refractivity contribution < 1.29 is 27.1 Å². The lowest BCUT2D eigenvalue weighted by molar-refractivity contribution is -0.114. The molecule has 0 unspecified atom stereocenters. The van der Waals surface area contributed by atoms with Gasteiger partial charge in [0.25, 0.3) is 10.0 Å². The topological polar surface area (TPSA) is 92.8 Å². The van der Waals surface area contributed by atoms with Gasteiger partial charge in [0, 0.05) is 10.6 Å². The Kier molecular flexibility index (Phi) is 8.30. The molecule has 0 saturated heterocycles. The predicted octanol–water partition coefficient (Wildman–Crippen LogP) is 4.56. The number of ether oxygens (including phenoxy) is 1. The summed E-state index contributed by atoms with van der Waals surface area (Å²) in [5.41, 5.74) is 0.531. The van der Waals surface area contributed by atoms with Gasteiger partial charge in [-0.15, -0.1) is 11.8 Å². The lowest BCUT2D eigenvalue weighted by atomic mass is 10.2. The first-order valence-corrected chi connectivity index (χ1v) is 12.9. The van der Waals surface area contributed by atoms with Gasteiger partial charge in [-0.1, -0.05) is 12.1 Å². The molecule has 0 atom stereocenters. The van der Waals surface area contributed by atoms with E-state index in [-0.39, 0.29) is 28.4 Å². The fourth-order valence-electron chi connectivity index (χ4n) is 3.09. The van der Waals surface area contributed by atoms with Crippen molar-refractivity contribution in [2.45, 2.75) is 16.7 Å². The third-order valence-electron chi connectivity index (χ3n) is 4.69. The number of sulfonamides is 1. The zero-order valence-electron chi connectivity index (χ0n) is 18.5. The van der Waals surface area contributed by atoms with E-state index in [0.717, 1.165) is 15.3 Å². The van der Waals surface area contributed by atoms with Crippen molar-refractivity contribution in [3.05, 3.63) is 84.2 Å². The standard InChI is InChI=1S/C24H23FN2O5S2/c1-3-32-24(29)17-6-4-8-19(14-17)26-23(28)16-27(20-9-5-7-18(25)15-20)34(30,31)22-12-10-21(33-2)11-13-22/h4-15H,3,16H2,1-2H3,(H,26,28). The van der Waals surface area contributed by atoms with Crippen LogP contribution < -0.4 is 9.62 Å². The highest BCUT2D eigenvalue weighted by molar-refractivity contribution is 7.98. The van der Waals surface area contributed by atoms with Crippen molar-refractivity contribution >= 4 is 45.0 Å². The first kappa shape index (κ1) is 25.3. The van der Waals surface area contributed by atoms with Crippen LogP contribution in [0.5, 0.6) is 0 Å². The molecule has 0 spiro atoms. The number of carbonyl (C=O) groups excluding carboxylic acids is 2. The fraction of sp³-hybridized carbons (Fsp3) is 0.167. The molecule has 3 aromatic rings. The molecule has 0 aliphatic heterocycles. The number of halogens is 1. The largest absolute Gasteiger partial charge is 0.462 e. The number of benzene rings is 3. The molecule has 7 nitrogen and oxygen atoms in total. The maximum Gasteiger partial charge on any atom is 0.338 e. The van der Waals surface area contributed by atoms with Crippen LogP contribution in [-0.2, 0) is 19.6 Å². The van der Waals surface area contributed by atoms with Gasteiger partial charge in [-0.3, -0.25) is 9.10 Å². The minimum absolute atomic E-state index is 0.00404. The summed E-state index contributed by atoms with van der Waals surface area (Å²) in [5, 5.41) is 2.59. The molecule has 0 radical (unpaired) electrons. The second-order valence-electron chi connectivity index (χ2n) is 7.02. The molecule has 3 aromatic carbocycles. The van der Waals surface area contributed by atoms with Crippen molar-refractivity contribution in [3.8, 4) is 0 Å². The zero-order valence-corrected chi connectivity index (χ0v) is 20.2. The molecular weight excluding hydrogens is 479 g/mol. The van der Waals surface area contributed by atoms with E-state index in [1.165, 1.54) is 54.2 Å². The number of hydrogen-bond acceptors (Lipinski definition) is 6. The average molecular weight is 503 g/mol. The van der Waals surface area contributed by atoms with E-state index >= 15 is 0 Å². The number of carbonyl (C=O) groups is 2. The first-order chi connectivity index (χ1) is 16.2. The Balaban J connectivity index is 1.90. The third kappa shape index (κ3) is 6.15. The Morgan fingerprint density at radius 3 is 2.38 bits per heavy atom. The normalized spacial score (nSPS) is 11.0. The summed E-state index contributed by atoms with van der Waals surface area (Å²) in [6.45, 7) is 1.27. The van der Waals surface area contributed by atoms with Gasteiger partial charge in [-0.05, 0) is 73.8 Å². The van der Waals surface area contributed by atoms with Gasteiger partial charge < -0.3 is 10.1 Å². The smallest absolute Gasteiger partial charge is 0.338 e. The van der Waals surface area contributed by atoms with Crippen LogP contribution in [0.3, 0.4) is 0 Å². The van der Waals surface area contributed by atoms with E-state index in [1.54, 1.807) is 31.2 Å². The van der Waals surface area contributed by atoms with Crippen molar-refractivity contribution in [2.75, 3.05) is 29.0 Å². The van der Waals surface area contributed by atoms with Crippen LogP contribution in [0.2, 0.25) is 0 Å². The number of rotatable bonds is 9. The number of amides is 1. The minimum Gasteiger partial charge on any atom is -0.462 e. The highest BCUT2D eigenvalue weighted by Gasteiger charge is 2.27. The molecule has 0 heterocycles. The lowest BCUT2D eigenvalue weighted by Crippen LogP contribution is -2.38. The molecular formula is C24H23FN2O5S2. The highest BCUT2D eigenvalue weighted by atomic mass is 32.2. The summed E-state index contributed by atoms with van der Waals surface area (Å²) >= 11 is 1.46. The van der Waals surface area contributed by atoms with Gasteiger partial charge in [0.2, 0.25) is 5.91 Å². The zero-order chi connectivity index (χ0) is 24.7. The molecule has 178 valence electrons. The monoisotopic (exact) mass is 502 g/mol. The SMILES string of the molecule is CCOC(=O)c1cccc(NC(=O)CN(c2cccc(F)c2)S(=O)(=O)c2ccc(SC)cc2)c1. The molecule has 0 fully saturated rings. The van der Waals surface area contributed by atoms with E-state index in [4.69, 9.17) is 4.74 Å². The van der Waals surface area contributed by atoms with Crippen molar-refractivity contribution in [2.24, 2.45) is 0 Å². The van der Waals surface area contributed by atoms with E-state index in [1.807, 2.05) is 6.26 Å². The number of esters is 1. The highest BCUT2D eigenvalue weighted by Crippen LogP contribution is 2.26. The van der Waals surface area contributed by atoms with Crippen LogP contribution in [0.15, 0.2) is 82.6 Å². The molecule has 0 saturated carbocycles. The van der Waals surface area contributed by atoms with Crippen molar-refractivity contribution in [1.82, 2.24) is 0 Å². The summed E-state index contributed by atoms with van der Waals surface area (Å²) in [7, 11) is -4.19. The summed E-state index contributed by atoms with van der Waals surface area (Å²) < 4.78 is 46.5. The van der Waals surface area contributed by atoms with E-state index in [9.17, 15) is 22.4 Å². The number of hydrogen-bond donors (Lipinski definition) is 1. The third-order valence-corrected chi connectivity index (χ3v) is 7.22. The van der Waals surface area contributed by atoms with Crippen LogP contribution in [0, 0.1) is 5.82 Å². The summed E-state index contributed by atoms with van der Waals surface area (Å²) in [6.07, 6.45) is 1.86. The van der Waals surface area contributed by atoms with Crippen LogP contribution >= 0.6 is 11.8 Å². The second kappa shape index (κ2) is 11.2. The molecule has 1 amide bonds. The van der Waals surface area contributed by atoms with Gasteiger partial charge in [-0.25, -0.2) is 17.6 Å². The van der Waals surface area contributed by atoms with Crippen LogP contribution in [0.1, 0.15) is 17.3 Å². The predicted molar refractivity (Wildman–Crippen MR) is 130 cm³/mol. The Morgan fingerprint density at radius 1 is 1.03 bits per heavy atom. The van der Waals surface area contributed by atoms with Gasteiger partial charge in [0.1, 0.15) is 12.4 Å². The van der Waals surface area contributed by atoms with Crippen LogP contribution in [-0.4, -0.2) is 39.7 Å². The van der Waals surface area contributed by atoms with Gasteiger partial charge >= 0.3 is 5.97 Å². The van der Waals surface area contributed by atoms with Gasteiger partial charge in [0.15, 0.2) is 0 Å². The molecule has 10 heteroatoms. The van der Waals surface area contributed by atoms with Crippen molar-refractivity contribution in [1.29, 1.82) is 0 Å². The minimum atomic E-state index is -4.19. The molecule has 3 rings (SSSR count). The Bertz CT molecular complexity index is 1280. The van der Waals surface area contributed by atoms with E-state index < -0.39 is 34.3 Å². The molecule has 0 bridgehead atoms.